The SMILES string of the molecule is CC(C)([C]=N)CCN. The highest BCUT2D eigenvalue weighted by Gasteiger charge is 2.12. The molecular formula is C6H13N2. The molecule has 0 rings (SSSR count). The van der Waals surface area contributed by atoms with Crippen molar-refractivity contribution in [2.45, 2.75) is 20.3 Å². The molecule has 1 radical (unpaired) electrons. The summed E-state index contributed by atoms with van der Waals surface area (Å²) in [5.41, 5.74) is 5.15. The van der Waals surface area contributed by atoms with Crippen LogP contribution in [0.1, 0.15) is 20.3 Å². The molecule has 3 N–H and O–H groups in total. The average molecular weight is 113 g/mol. The minimum absolute atomic E-state index is 0.116. The van der Waals surface area contributed by atoms with Crippen molar-refractivity contribution >= 4 is 6.21 Å². The number of hydrogen-bond donors (Lipinski definition) is 2. The zero-order valence-electron chi connectivity index (χ0n) is 5.49. The molecule has 0 amide bonds. The summed E-state index contributed by atoms with van der Waals surface area (Å²) in [6.45, 7) is 4.54. The molecule has 0 aliphatic heterocycles. The first-order valence-corrected chi connectivity index (χ1v) is 2.76. The molecular weight excluding hydrogens is 100 g/mol. The van der Waals surface area contributed by atoms with Crippen molar-refractivity contribution < 1.29 is 0 Å². The van der Waals surface area contributed by atoms with Gasteiger partial charge in [0.05, 0.1) is 6.21 Å². The van der Waals surface area contributed by atoms with Crippen LogP contribution < -0.4 is 5.73 Å². The number of hydrogen-bond acceptors (Lipinski definition) is 2. The second-order valence-corrected chi connectivity index (χ2v) is 2.55. The number of nitrogens with two attached hydrogens (primary N) is 1. The van der Waals surface area contributed by atoms with Crippen LogP contribution >= 0.6 is 0 Å². The topological polar surface area (TPSA) is 49.9 Å². The van der Waals surface area contributed by atoms with Gasteiger partial charge in [-0.3, -0.25) is 0 Å². The van der Waals surface area contributed by atoms with Crippen molar-refractivity contribution in [3.63, 3.8) is 0 Å². The Labute approximate surface area is 50.6 Å². The van der Waals surface area contributed by atoms with Gasteiger partial charge in [-0.25, -0.2) is 0 Å². The van der Waals surface area contributed by atoms with E-state index in [9.17, 15) is 0 Å². The molecule has 0 saturated carbocycles. The van der Waals surface area contributed by atoms with Gasteiger partial charge >= 0.3 is 0 Å². The highest BCUT2D eigenvalue weighted by Crippen LogP contribution is 2.14. The fourth-order valence-corrected chi connectivity index (χ4v) is 0.423. The standard InChI is InChI=1S/C6H13N2/c1-6(2,5-8)3-4-7/h8H,3-4,7H2,1-2H3. The fraction of sp³-hybridized carbons (Fsp3) is 0.833. The summed E-state index contributed by atoms with van der Waals surface area (Å²) in [4.78, 5) is 0. The summed E-state index contributed by atoms with van der Waals surface area (Å²) in [6, 6.07) is 0. The van der Waals surface area contributed by atoms with E-state index in [4.69, 9.17) is 11.1 Å². The minimum atomic E-state index is -0.116. The van der Waals surface area contributed by atoms with Crippen LogP contribution in [0.3, 0.4) is 0 Å². The first-order valence-electron chi connectivity index (χ1n) is 2.76. The van der Waals surface area contributed by atoms with Gasteiger partial charge in [0.15, 0.2) is 0 Å². The van der Waals surface area contributed by atoms with Gasteiger partial charge in [-0.15, -0.1) is 0 Å². The van der Waals surface area contributed by atoms with Crippen LogP contribution in [-0.4, -0.2) is 12.8 Å². The average Bonchev–Trinajstić information content (AvgIpc) is 1.67. The molecule has 0 unspecified atom stereocenters. The molecule has 0 aromatic heterocycles. The van der Waals surface area contributed by atoms with Crippen molar-refractivity contribution in [2.24, 2.45) is 11.1 Å². The number of rotatable bonds is 3. The lowest BCUT2D eigenvalue weighted by Gasteiger charge is -2.14. The quantitative estimate of drug-likeness (QED) is 0.524. The predicted molar refractivity (Wildman–Crippen MR) is 35.2 cm³/mol. The van der Waals surface area contributed by atoms with Gasteiger partial charge in [0.25, 0.3) is 0 Å². The van der Waals surface area contributed by atoms with Gasteiger partial charge in [-0.1, -0.05) is 13.8 Å². The largest absolute Gasteiger partial charge is 0.330 e. The summed E-state index contributed by atoms with van der Waals surface area (Å²) in [6.07, 6.45) is 3.26. The lowest BCUT2D eigenvalue weighted by atomic mass is 9.91. The van der Waals surface area contributed by atoms with Crippen LogP contribution in [0.25, 0.3) is 0 Å². The maximum atomic E-state index is 6.80. The molecule has 0 atom stereocenters. The Balaban J connectivity index is 3.53. The van der Waals surface area contributed by atoms with Crippen molar-refractivity contribution in [1.82, 2.24) is 0 Å². The molecule has 2 nitrogen and oxygen atoms in total. The highest BCUT2D eigenvalue weighted by atomic mass is 14.5. The molecule has 0 bridgehead atoms. The summed E-state index contributed by atoms with van der Waals surface area (Å²) in [5.74, 6) is 0. The molecule has 0 aliphatic carbocycles. The molecule has 0 spiro atoms. The van der Waals surface area contributed by atoms with Crippen molar-refractivity contribution in [1.29, 1.82) is 5.41 Å². The van der Waals surface area contributed by atoms with Crippen molar-refractivity contribution in [3.8, 4) is 0 Å². The Morgan fingerprint density at radius 2 is 2.12 bits per heavy atom. The first-order chi connectivity index (χ1) is 3.62. The molecule has 2 heteroatoms. The van der Waals surface area contributed by atoms with E-state index in [1.54, 1.807) is 0 Å². The Bertz CT molecular complexity index is 76.6. The zero-order valence-corrected chi connectivity index (χ0v) is 5.49. The van der Waals surface area contributed by atoms with Crippen LogP contribution in [0.15, 0.2) is 0 Å². The second kappa shape index (κ2) is 2.82. The third-order valence-corrected chi connectivity index (χ3v) is 1.11. The van der Waals surface area contributed by atoms with E-state index < -0.39 is 0 Å². The Morgan fingerprint density at radius 1 is 1.62 bits per heavy atom. The maximum absolute atomic E-state index is 6.80. The van der Waals surface area contributed by atoms with E-state index >= 15 is 0 Å². The van der Waals surface area contributed by atoms with E-state index in [1.807, 2.05) is 13.8 Å². The highest BCUT2D eigenvalue weighted by molar-refractivity contribution is 5.60. The molecule has 0 aromatic rings. The molecule has 0 aliphatic rings. The third kappa shape index (κ3) is 2.75. The van der Waals surface area contributed by atoms with Gasteiger partial charge in [-0.2, -0.15) is 0 Å². The predicted octanol–water partition coefficient (Wildman–Crippen LogP) is 0.888. The van der Waals surface area contributed by atoms with Crippen molar-refractivity contribution in [3.05, 3.63) is 0 Å². The smallest absolute Gasteiger partial charge is 0.0583 e. The monoisotopic (exact) mass is 113 g/mol. The van der Waals surface area contributed by atoms with Crippen LogP contribution in [0.4, 0.5) is 0 Å². The van der Waals surface area contributed by atoms with Gasteiger partial charge < -0.3 is 11.1 Å². The summed E-state index contributed by atoms with van der Waals surface area (Å²) < 4.78 is 0. The molecule has 0 heterocycles. The Kier molecular flexibility index (Phi) is 2.69. The Hall–Kier alpha value is -0.370. The van der Waals surface area contributed by atoms with Crippen LogP contribution in [0, 0.1) is 10.8 Å². The van der Waals surface area contributed by atoms with E-state index in [0.717, 1.165) is 6.42 Å². The molecule has 0 fully saturated rings. The van der Waals surface area contributed by atoms with Gasteiger partial charge in [0.1, 0.15) is 0 Å². The summed E-state index contributed by atoms with van der Waals surface area (Å²) in [5, 5.41) is 6.80. The van der Waals surface area contributed by atoms with Gasteiger partial charge in [0, 0.05) is 5.41 Å². The zero-order chi connectivity index (χ0) is 6.62. The lowest BCUT2D eigenvalue weighted by molar-refractivity contribution is 0.493. The van der Waals surface area contributed by atoms with Crippen molar-refractivity contribution in [2.75, 3.05) is 6.54 Å². The number of nitrogens with one attached hydrogen (secondary N) is 1. The summed E-state index contributed by atoms with van der Waals surface area (Å²) in [7, 11) is 0. The Morgan fingerprint density at radius 3 is 2.25 bits per heavy atom. The normalized spacial score (nSPS) is 11.4. The van der Waals surface area contributed by atoms with Gasteiger partial charge in [0.2, 0.25) is 0 Å². The lowest BCUT2D eigenvalue weighted by Crippen LogP contribution is -2.17. The van der Waals surface area contributed by atoms with Crippen LogP contribution in [0.5, 0.6) is 0 Å². The third-order valence-electron chi connectivity index (χ3n) is 1.11. The van der Waals surface area contributed by atoms with E-state index in [1.165, 1.54) is 0 Å². The molecule has 0 aromatic carbocycles. The molecule has 0 saturated heterocycles. The summed E-state index contributed by atoms with van der Waals surface area (Å²) >= 11 is 0. The molecule has 8 heavy (non-hydrogen) atoms. The van der Waals surface area contributed by atoms with E-state index in [2.05, 4.69) is 6.21 Å². The first kappa shape index (κ1) is 7.63. The second-order valence-electron chi connectivity index (χ2n) is 2.55. The minimum Gasteiger partial charge on any atom is -0.330 e. The van der Waals surface area contributed by atoms with Gasteiger partial charge in [-0.05, 0) is 13.0 Å². The fourth-order valence-electron chi connectivity index (χ4n) is 0.423. The maximum Gasteiger partial charge on any atom is 0.0583 e. The van der Waals surface area contributed by atoms with Crippen LogP contribution in [0.2, 0.25) is 0 Å². The van der Waals surface area contributed by atoms with E-state index in [0.29, 0.717) is 6.54 Å². The van der Waals surface area contributed by atoms with E-state index in [-0.39, 0.29) is 5.41 Å². The molecule has 47 valence electrons. The van der Waals surface area contributed by atoms with Crippen LogP contribution in [-0.2, 0) is 0 Å².